The molecule has 27 heavy (non-hydrogen) atoms. The standard InChI is InChI=1S/C19H18ClFN4O2/c1-11(22-12(2)26)19-24-16-5-3-4-6-17(16)25(19)10-18(27)23-15-8-7-13(20)9-14(15)21/h3-9,11H,10H2,1-2H3,(H,22,26)(H,23,27). The van der Waals surface area contributed by atoms with Gasteiger partial charge in [0, 0.05) is 11.9 Å². The van der Waals surface area contributed by atoms with E-state index in [-0.39, 0.29) is 23.2 Å². The van der Waals surface area contributed by atoms with Crippen LogP contribution in [-0.4, -0.2) is 21.4 Å². The van der Waals surface area contributed by atoms with Gasteiger partial charge in [-0.2, -0.15) is 0 Å². The molecule has 1 heterocycles. The van der Waals surface area contributed by atoms with E-state index in [1.54, 1.807) is 11.5 Å². The Hall–Kier alpha value is -2.93. The Balaban J connectivity index is 1.90. The number of benzene rings is 2. The molecule has 1 aromatic heterocycles. The van der Waals surface area contributed by atoms with Gasteiger partial charge >= 0.3 is 0 Å². The molecular weight excluding hydrogens is 371 g/mol. The number of nitrogens with one attached hydrogen (secondary N) is 2. The molecule has 2 aromatic carbocycles. The topological polar surface area (TPSA) is 76.0 Å². The number of hydrogen-bond acceptors (Lipinski definition) is 3. The summed E-state index contributed by atoms with van der Waals surface area (Å²) < 4.78 is 15.6. The van der Waals surface area contributed by atoms with Crippen molar-refractivity contribution >= 4 is 40.1 Å². The number of fused-ring (bicyclic) bond motifs is 1. The van der Waals surface area contributed by atoms with Crippen molar-refractivity contribution in [3.63, 3.8) is 0 Å². The van der Waals surface area contributed by atoms with E-state index in [1.807, 2.05) is 24.3 Å². The summed E-state index contributed by atoms with van der Waals surface area (Å²) in [6, 6.07) is 11.0. The van der Waals surface area contributed by atoms with Crippen molar-refractivity contribution < 1.29 is 14.0 Å². The zero-order valence-corrected chi connectivity index (χ0v) is 15.5. The first kappa shape index (κ1) is 18.8. The van der Waals surface area contributed by atoms with Crippen LogP contribution in [0.2, 0.25) is 5.02 Å². The van der Waals surface area contributed by atoms with Crippen LogP contribution in [0.4, 0.5) is 10.1 Å². The van der Waals surface area contributed by atoms with E-state index in [4.69, 9.17) is 11.6 Å². The number of carbonyl (C=O) groups is 2. The number of halogens is 2. The lowest BCUT2D eigenvalue weighted by Gasteiger charge is -2.15. The lowest BCUT2D eigenvalue weighted by molar-refractivity contribution is -0.119. The van der Waals surface area contributed by atoms with Crippen molar-refractivity contribution in [1.29, 1.82) is 0 Å². The first-order valence-corrected chi connectivity index (χ1v) is 8.70. The highest BCUT2D eigenvalue weighted by atomic mass is 35.5. The molecule has 2 N–H and O–H groups in total. The molecule has 0 fully saturated rings. The number of anilines is 1. The summed E-state index contributed by atoms with van der Waals surface area (Å²) in [5.41, 5.74) is 1.50. The van der Waals surface area contributed by atoms with Crippen LogP contribution in [0.15, 0.2) is 42.5 Å². The van der Waals surface area contributed by atoms with Crippen molar-refractivity contribution in [2.24, 2.45) is 0 Å². The maximum absolute atomic E-state index is 13.9. The number of rotatable bonds is 5. The Bertz CT molecular complexity index is 1020. The lowest BCUT2D eigenvalue weighted by Crippen LogP contribution is -2.28. The van der Waals surface area contributed by atoms with Crippen LogP contribution in [0.25, 0.3) is 11.0 Å². The Morgan fingerprint density at radius 2 is 2.00 bits per heavy atom. The summed E-state index contributed by atoms with van der Waals surface area (Å²) in [5, 5.41) is 5.56. The number of imidazole rings is 1. The fourth-order valence-corrected chi connectivity index (χ4v) is 3.04. The zero-order valence-electron chi connectivity index (χ0n) is 14.8. The second-order valence-electron chi connectivity index (χ2n) is 6.14. The first-order valence-electron chi connectivity index (χ1n) is 8.32. The Morgan fingerprint density at radius 3 is 2.70 bits per heavy atom. The summed E-state index contributed by atoms with van der Waals surface area (Å²) in [6.45, 7) is 3.12. The van der Waals surface area contributed by atoms with Crippen molar-refractivity contribution in [3.05, 3.63) is 59.1 Å². The minimum Gasteiger partial charge on any atom is -0.347 e. The lowest BCUT2D eigenvalue weighted by atomic mass is 10.3. The van der Waals surface area contributed by atoms with Crippen molar-refractivity contribution in [1.82, 2.24) is 14.9 Å². The van der Waals surface area contributed by atoms with Gasteiger partial charge in [0.15, 0.2) is 0 Å². The quantitative estimate of drug-likeness (QED) is 0.700. The third-order valence-electron chi connectivity index (χ3n) is 4.00. The molecule has 140 valence electrons. The van der Waals surface area contributed by atoms with Gasteiger partial charge in [0.25, 0.3) is 0 Å². The molecule has 8 heteroatoms. The third-order valence-corrected chi connectivity index (χ3v) is 4.23. The largest absolute Gasteiger partial charge is 0.347 e. The molecule has 0 aliphatic rings. The van der Waals surface area contributed by atoms with E-state index in [0.29, 0.717) is 11.3 Å². The molecule has 1 atom stereocenters. The van der Waals surface area contributed by atoms with E-state index < -0.39 is 17.8 Å². The number of carbonyl (C=O) groups excluding carboxylic acids is 2. The third kappa shape index (κ3) is 4.25. The average Bonchev–Trinajstić information content (AvgIpc) is 2.96. The summed E-state index contributed by atoms with van der Waals surface area (Å²) in [7, 11) is 0. The van der Waals surface area contributed by atoms with Gasteiger partial charge in [-0.3, -0.25) is 9.59 Å². The highest BCUT2D eigenvalue weighted by Crippen LogP contribution is 2.22. The molecule has 3 rings (SSSR count). The predicted molar refractivity (Wildman–Crippen MR) is 102 cm³/mol. The van der Waals surface area contributed by atoms with Gasteiger partial charge in [-0.25, -0.2) is 9.37 Å². The summed E-state index contributed by atoms with van der Waals surface area (Å²) in [6.07, 6.45) is 0. The zero-order chi connectivity index (χ0) is 19.6. The summed E-state index contributed by atoms with van der Waals surface area (Å²) in [5.74, 6) is -0.694. The van der Waals surface area contributed by atoms with Crippen LogP contribution < -0.4 is 10.6 Å². The molecule has 2 amide bonds. The van der Waals surface area contributed by atoms with E-state index in [9.17, 15) is 14.0 Å². The van der Waals surface area contributed by atoms with Gasteiger partial charge in [-0.05, 0) is 37.3 Å². The smallest absolute Gasteiger partial charge is 0.244 e. The maximum Gasteiger partial charge on any atom is 0.244 e. The molecule has 0 aliphatic carbocycles. The van der Waals surface area contributed by atoms with Crippen LogP contribution in [0.3, 0.4) is 0 Å². The Kier molecular flexibility index (Phi) is 5.41. The predicted octanol–water partition coefficient (Wildman–Crippen LogP) is 3.66. The summed E-state index contributed by atoms with van der Waals surface area (Å²) in [4.78, 5) is 28.4. The van der Waals surface area contributed by atoms with Gasteiger partial charge in [0.1, 0.15) is 18.2 Å². The maximum atomic E-state index is 13.9. The number of para-hydroxylation sites is 2. The molecule has 0 saturated carbocycles. The highest BCUT2D eigenvalue weighted by molar-refractivity contribution is 6.30. The van der Waals surface area contributed by atoms with Gasteiger partial charge in [-0.15, -0.1) is 0 Å². The minimum absolute atomic E-state index is 0.0466. The van der Waals surface area contributed by atoms with Crippen LogP contribution in [0, 0.1) is 5.82 Å². The van der Waals surface area contributed by atoms with E-state index >= 15 is 0 Å². The van der Waals surface area contributed by atoms with Crippen LogP contribution in [0.1, 0.15) is 25.7 Å². The highest BCUT2D eigenvalue weighted by Gasteiger charge is 2.19. The first-order chi connectivity index (χ1) is 12.8. The van der Waals surface area contributed by atoms with Crippen LogP contribution >= 0.6 is 11.6 Å². The normalized spacial score (nSPS) is 12.0. The molecule has 0 radical (unpaired) electrons. The monoisotopic (exact) mass is 388 g/mol. The van der Waals surface area contributed by atoms with Gasteiger partial charge in [0.05, 0.1) is 22.8 Å². The van der Waals surface area contributed by atoms with Crippen molar-refractivity contribution in [2.45, 2.75) is 26.4 Å². The number of aromatic nitrogens is 2. The fraction of sp³-hybridized carbons (Fsp3) is 0.211. The van der Waals surface area contributed by atoms with Crippen molar-refractivity contribution in [2.75, 3.05) is 5.32 Å². The molecular formula is C19H18ClFN4O2. The molecule has 3 aromatic rings. The van der Waals surface area contributed by atoms with E-state index in [1.165, 1.54) is 19.1 Å². The van der Waals surface area contributed by atoms with Crippen molar-refractivity contribution in [3.8, 4) is 0 Å². The molecule has 0 saturated heterocycles. The van der Waals surface area contributed by atoms with Crippen LogP contribution in [0.5, 0.6) is 0 Å². The Labute approximate surface area is 160 Å². The second-order valence-corrected chi connectivity index (χ2v) is 6.58. The average molecular weight is 389 g/mol. The number of amides is 2. The molecule has 6 nitrogen and oxygen atoms in total. The molecule has 0 aliphatic heterocycles. The Morgan fingerprint density at radius 1 is 1.26 bits per heavy atom. The molecule has 0 bridgehead atoms. The number of hydrogen-bond donors (Lipinski definition) is 2. The van der Waals surface area contributed by atoms with E-state index in [0.717, 1.165) is 11.6 Å². The molecule has 0 spiro atoms. The second kappa shape index (κ2) is 7.75. The van der Waals surface area contributed by atoms with Crippen LogP contribution in [-0.2, 0) is 16.1 Å². The minimum atomic E-state index is -0.613. The SMILES string of the molecule is CC(=O)NC(C)c1nc2ccccc2n1CC(=O)Nc1ccc(Cl)cc1F. The summed E-state index contributed by atoms with van der Waals surface area (Å²) >= 11 is 5.73. The molecule has 1 unspecified atom stereocenters. The number of nitrogens with zero attached hydrogens (tertiary/aromatic N) is 2. The van der Waals surface area contributed by atoms with E-state index in [2.05, 4.69) is 15.6 Å². The fourth-order valence-electron chi connectivity index (χ4n) is 2.88. The van der Waals surface area contributed by atoms with Gasteiger partial charge in [-0.1, -0.05) is 23.7 Å². The van der Waals surface area contributed by atoms with Gasteiger partial charge < -0.3 is 15.2 Å². The van der Waals surface area contributed by atoms with Gasteiger partial charge in [0.2, 0.25) is 11.8 Å².